The molecule has 0 aliphatic carbocycles. The summed E-state index contributed by atoms with van der Waals surface area (Å²) in [5, 5.41) is 12.3. The number of rotatable bonds is 8. The van der Waals surface area contributed by atoms with E-state index in [-0.39, 0.29) is 11.4 Å². The molecule has 0 radical (unpaired) electrons. The summed E-state index contributed by atoms with van der Waals surface area (Å²) in [6.07, 6.45) is 0. The molecule has 2 N–H and O–H groups in total. The Morgan fingerprint density at radius 3 is 2.59 bits per heavy atom. The van der Waals surface area contributed by atoms with Crippen LogP contribution in [0, 0.1) is 6.92 Å². The molecule has 6 nitrogen and oxygen atoms in total. The average molecular weight is 389 g/mol. The predicted molar refractivity (Wildman–Crippen MR) is 103 cm³/mol. The first-order valence-electron chi connectivity index (χ1n) is 9.20. The highest BCUT2D eigenvalue weighted by Gasteiger charge is 2.45. The fourth-order valence-corrected chi connectivity index (χ4v) is 4.11. The smallest absolute Gasteiger partial charge is 0.290 e. The molecule has 0 saturated carbocycles. The van der Waals surface area contributed by atoms with Crippen LogP contribution < -0.4 is 4.90 Å². The summed E-state index contributed by atoms with van der Waals surface area (Å²) < 4.78 is 5.76. The van der Waals surface area contributed by atoms with E-state index in [0.717, 1.165) is 19.6 Å². The molecule has 7 heteroatoms. The molecule has 0 saturated heterocycles. The molecular formula is C20H25N2O4S+. The van der Waals surface area contributed by atoms with Gasteiger partial charge in [-0.3, -0.25) is 9.59 Å². The number of hydrogen-bond donors (Lipinski definition) is 2. The molecule has 144 valence electrons. The number of thiophene rings is 1. The molecule has 1 amide bonds. The van der Waals surface area contributed by atoms with E-state index in [1.807, 2.05) is 6.92 Å². The second-order valence-corrected chi connectivity index (χ2v) is 7.57. The van der Waals surface area contributed by atoms with Gasteiger partial charge in [-0.25, -0.2) is 0 Å². The Labute approximate surface area is 162 Å². The molecule has 1 atom stereocenters. The first-order chi connectivity index (χ1) is 13.0. The highest BCUT2D eigenvalue weighted by molar-refractivity contribution is 7.12. The summed E-state index contributed by atoms with van der Waals surface area (Å²) in [5.41, 5.74) is 0.103. The van der Waals surface area contributed by atoms with Crippen LogP contribution in [0.4, 0.5) is 0 Å². The number of aliphatic hydroxyl groups is 1. The van der Waals surface area contributed by atoms with Crippen LogP contribution in [0.1, 0.15) is 41.1 Å². The Morgan fingerprint density at radius 1 is 1.30 bits per heavy atom. The fraction of sp³-hybridized carbons (Fsp3) is 0.400. The SMILES string of the molecule is CC[NH+](CC)CCN1C(=O)C(O)=C(C(=O)c2cccs2)[C@@H]1c1ccc(C)o1. The van der Waals surface area contributed by atoms with E-state index in [9.17, 15) is 14.7 Å². The number of amides is 1. The minimum Gasteiger partial charge on any atom is -0.503 e. The van der Waals surface area contributed by atoms with Crippen molar-refractivity contribution in [1.29, 1.82) is 0 Å². The van der Waals surface area contributed by atoms with E-state index in [1.165, 1.54) is 16.2 Å². The number of quaternary nitrogens is 1. The van der Waals surface area contributed by atoms with Gasteiger partial charge in [0.2, 0.25) is 5.78 Å². The lowest BCUT2D eigenvalue weighted by Crippen LogP contribution is -3.12. The Kier molecular flexibility index (Phi) is 5.82. The van der Waals surface area contributed by atoms with Crippen molar-refractivity contribution in [3.8, 4) is 0 Å². The fourth-order valence-electron chi connectivity index (χ4n) is 3.44. The Hall–Kier alpha value is -2.38. The van der Waals surface area contributed by atoms with Gasteiger partial charge < -0.3 is 19.3 Å². The van der Waals surface area contributed by atoms with Crippen LogP contribution in [-0.4, -0.2) is 47.9 Å². The first-order valence-corrected chi connectivity index (χ1v) is 10.1. The number of carbonyl (C=O) groups excluding carboxylic acids is 2. The van der Waals surface area contributed by atoms with Crippen molar-refractivity contribution in [2.45, 2.75) is 26.8 Å². The maximum absolute atomic E-state index is 13.0. The first kappa shape index (κ1) is 19.4. The number of aryl methyl sites for hydroxylation is 1. The van der Waals surface area contributed by atoms with Gasteiger partial charge in [-0.2, -0.15) is 0 Å². The Bertz CT molecular complexity index is 849. The van der Waals surface area contributed by atoms with E-state index in [0.29, 0.717) is 22.9 Å². The van der Waals surface area contributed by atoms with Crippen molar-refractivity contribution in [2.24, 2.45) is 0 Å². The number of nitrogens with one attached hydrogen (secondary N) is 1. The van der Waals surface area contributed by atoms with Gasteiger partial charge in [-0.1, -0.05) is 6.07 Å². The van der Waals surface area contributed by atoms with Gasteiger partial charge in [0.25, 0.3) is 5.91 Å². The zero-order valence-corrected chi connectivity index (χ0v) is 16.6. The van der Waals surface area contributed by atoms with Crippen LogP contribution >= 0.6 is 11.3 Å². The normalized spacial score (nSPS) is 17.4. The second kappa shape index (κ2) is 8.10. The molecule has 2 aromatic rings. The molecule has 0 spiro atoms. The third kappa shape index (κ3) is 3.70. The Morgan fingerprint density at radius 2 is 2.04 bits per heavy atom. The summed E-state index contributed by atoms with van der Waals surface area (Å²) in [4.78, 5) is 29.2. The monoisotopic (exact) mass is 389 g/mol. The third-order valence-corrected chi connectivity index (χ3v) is 5.90. The second-order valence-electron chi connectivity index (χ2n) is 6.63. The Balaban J connectivity index is 1.97. The number of Topliss-reactive ketones (excluding diaryl/α,β-unsaturated/α-hetero) is 1. The van der Waals surface area contributed by atoms with E-state index in [2.05, 4.69) is 13.8 Å². The van der Waals surface area contributed by atoms with Gasteiger partial charge in [0.15, 0.2) is 5.76 Å². The molecule has 0 aromatic carbocycles. The number of likely N-dealkylation sites (N-methyl/N-ethyl adjacent to an activating group) is 1. The molecule has 27 heavy (non-hydrogen) atoms. The topological polar surface area (TPSA) is 75.2 Å². The third-order valence-electron chi connectivity index (χ3n) is 5.03. The summed E-state index contributed by atoms with van der Waals surface area (Å²) in [6.45, 7) is 9.08. The van der Waals surface area contributed by atoms with Gasteiger partial charge in [-0.15, -0.1) is 11.3 Å². The zero-order valence-electron chi connectivity index (χ0n) is 15.8. The standard InChI is InChI=1S/C20H24N2O4S/c1-4-21(5-2)10-11-22-17(14-9-8-13(3)26-14)16(19(24)20(22)25)18(23)15-7-6-12-27-15/h6-9,12,17,24H,4-5,10-11H2,1-3H3/p+1/t17-/m0/s1. The quantitative estimate of drug-likeness (QED) is 0.679. The minimum atomic E-state index is -0.698. The zero-order chi connectivity index (χ0) is 19.6. The van der Waals surface area contributed by atoms with Crippen LogP contribution in [-0.2, 0) is 4.79 Å². The van der Waals surface area contributed by atoms with Crippen LogP contribution in [0.2, 0.25) is 0 Å². The number of hydrogen-bond acceptors (Lipinski definition) is 5. The minimum absolute atomic E-state index is 0.103. The van der Waals surface area contributed by atoms with Crippen molar-refractivity contribution >= 4 is 23.0 Å². The molecule has 0 bridgehead atoms. The van der Waals surface area contributed by atoms with Gasteiger partial charge in [0.1, 0.15) is 17.6 Å². The molecule has 3 heterocycles. The van der Waals surface area contributed by atoms with Crippen molar-refractivity contribution in [3.05, 3.63) is 57.4 Å². The molecule has 2 aromatic heterocycles. The number of ketones is 1. The van der Waals surface area contributed by atoms with E-state index in [4.69, 9.17) is 4.42 Å². The van der Waals surface area contributed by atoms with Crippen LogP contribution in [0.5, 0.6) is 0 Å². The molecular weight excluding hydrogens is 364 g/mol. The highest BCUT2D eigenvalue weighted by atomic mass is 32.1. The number of nitrogens with zero attached hydrogens (tertiary/aromatic N) is 1. The molecule has 0 unspecified atom stereocenters. The number of furan rings is 1. The van der Waals surface area contributed by atoms with Crippen molar-refractivity contribution < 1.29 is 24.0 Å². The summed E-state index contributed by atoms with van der Waals surface area (Å²) in [5.74, 6) is -0.115. The van der Waals surface area contributed by atoms with Crippen LogP contribution in [0.3, 0.4) is 0 Å². The van der Waals surface area contributed by atoms with Gasteiger partial charge in [0.05, 0.1) is 36.6 Å². The van der Waals surface area contributed by atoms with Gasteiger partial charge in [-0.05, 0) is 44.4 Å². The molecule has 0 fully saturated rings. The maximum Gasteiger partial charge on any atom is 0.290 e. The number of aliphatic hydroxyl groups excluding tert-OH is 1. The summed E-state index contributed by atoms with van der Waals surface area (Å²) in [7, 11) is 0. The predicted octanol–water partition coefficient (Wildman–Crippen LogP) is 2.15. The summed E-state index contributed by atoms with van der Waals surface area (Å²) >= 11 is 1.29. The van der Waals surface area contributed by atoms with E-state index >= 15 is 0 Å². The lowest BCUT2D eigenvalue weighted by molar-refractivity contribution is -0.895. The lowest BCUT2D eigenvalue weighted by atomic mass is 10.0. The number of carbonyl (C=O) groups is 2. The van der Waals surface area contributed by atoms with Gasteiger partial charge >= 0.3 is 0 Å². The molecule has 1 aliphatic rings. The highest BCUT2D eigenvalue weighted by Crippen LogP contribution is 2.39. The van der Waals surface area contributed by atoms with Gasteiger partial charge in [0, 0.05) is 0 Å². The van der Waals surface area contributed by atoms with E-state index in [1.54, 1.807) is 34.5 Å². The summed E-state index contributed by atoms with van der Waals surface area (Å²) in [6, 6.07) is 6.35. The maximum atomic E-state index is 13.0. The lowest BCUT2D eigenvalue weighted by Gasteiger charge is -2.26. The van der Waals surface area contributed by atoms with E-state index < -0.39 is 17.7 Å². The van der Waals surface area contributed by atoms with Crippen LogP contribution in [0.15, 0.2) is 45.4 Å². The average Bonchev–Trinajstić information content (AvgIpc) is 3.38. The van der Waals surface area contributed by atoms with Crippen molar-refractivity contribution in [3.63, 3.8) is 0 Å². The van der Waals surface area contributed by atoms with Crippen molar-refractivity contribution in [2.75, 3.05) is 26.2 Å². The van der Waals surface area contributed by atoms with Crippen molar-refractivity contribution in [1.82, 2.24) is 4.90 Å². The molecule has 3 rings (SSSR count). The molecule has 1 aliphatic heterocycles. The largest absolute Gasteiger partial charge is 0.503 e. The van der Waals surface area contributed by atoms with Crippen LogP contribution in [0.25, 0.3) is 0 Å².